The molecule has 0 saturated heterocycles. The zero-order chi connectivity index (χ0) is 9.26. The Bertz CT molecular complexity index is 281. The van der Waals surface area contributed by atoms with Crippen LogP contribution >= 0.6 is 15.9 Å². The van der Waals surface area contributed by atoms with Crippen LogP contribution in [0.3, 0.4) is 0 Å². The van der Waals surface area contributed by atoms with Gasteiger partial charge in [0.2, 0.25) is 0 Å². The fraction of sp³-hybridized carbons (Fsp3) is 0.455. The number of halogens is 1. The minimum Gasteiger partial charge on any atom is -0.396 e. The smallest absolute Gasteiger partial charge is 0.0433 e. The topological polar surface area (TPSA) is 20.2 Å². The summed E-state index contributed by atoms with van der Waals surface area (Å²) in [6.45, 7) is 0.331. The quantitative estimate of drug-likeness (QED) is 0.862. The molecular formula is C11H13BrO. The number of aliphatic hydroxyl groups is 1. The molecular weight excluding hydrogens is 228 g/mol. The molecule has 0 amide bonds. The molecule has 1 aliphatic rings. The molecule has 13 heavy (non-hydrogen) atoms. The molecule has 1 aromatic rings. The number of aliphatic hydroxyl groups excluding tert-OH is 1. The first-order valence-corrected chi connectivity index (χ1v) is 5.47. The van der Waals surface area contributed by atoms with Crippen LogP contribution < -0.4 is 0 Å². The highest BCUT2D eigenvalue weighted by atomic mass is 79.9. The van der Waals surface area contributed by atoms with Crippen LogP contribution in [0.4, 0.5) is 0 Å². The van der Waals surface area contributed by atoms with Gasteiger partial charge < -0.3 is 5.11 Å². The van der Waals surface area contributed by atoms with Crippen LogP contribution in [0.15, 0.2) is 28.7 Å². The molecule has 0 aromatic heterocycles. The maximum Gasteiger partial charge on any atom is 0.0433 e. The average Bonchev–Trinajstić information content (AvgIpc) is 2.86. The fourth-order valence-electron chi connectivity index (χ4n) is 1.85. The van der Waals surface area contributed by atoms with Gasteiger partial charge >= 0.3 is 0 Å². The molecule has 1 fully saturated rings. The molecule has 0 heterocycles. The molecule has 0 unspecified atom stereocenters. The number of rotatable bonds is 3. The van der Waals surface area contributed by atoms with Crippen molar-refractivity contribution >= 4 is 15.9 Å². The van der Waals surface area contributed by atoms with Crippen molar-refractivity contribution in [3.63, 3.8) is 0 Å². The van der Waals surface area contributed by atoms with Gasteiger partial charge in [-0.15, -0.1) is 0 Å². The lowest BCUT2D eigenvalue weighted by Gasteiger charge is -1.99. The maximum absolute atomic E-state index is 8.78. The summed E-state index contributed by atoms with van der Waals surface area (Å²) in [5.41, 5.74) is 1.42. The van der Waals surface area contributed by atoms with E-state index in [1.807, 2.05) is 0 Å². The Morgan fingerprint density at radius 1 is 1.31 bits per heavy atom. The molecule has 70 valence electrons. The van der Waals surface area contributed by atoms with Gasteiger partial charge in [0.25, 0.3) is 0 Å². The molecule has 1 N–H and O–H groups in total. The standard InChI is InChI=1S/C11H13BrO/c12-10-3-1-8(2-4-10)11-7-9(11)5-6-13/h1-4,9,11,13H,5-7H2/t9-,11+/m1/s1. The second-order valence-corrected chi connectivity index (χ2v) is 4.58. The maximum atomic E-state index is 8.78. The summed E-state index contributed by atoms with van der Waals surface area (Å²) >= 11 is 3.42. The van der Waals surface area contributed by atoms with E-state index >= 15 is 0 Å². The monoisotopic (exact) mass is 240 g/mol. The second kappa shape index (κ2) is 3.81. The summed E-state index contributed by atoms with van der Waals surface area (Å²) in [5, 5.41) is 8.78. The predicted molar refractivity (Wildman–Crippen MR) is 56.7 cm³/mol. The lowest BCUT2D eigenvalue weighted by molar-refractivity contribution is 0.279. The Kier molecular flexibility index (Phi) is 2.70. The molecule has 2 rings (SSSR count). The van der Waals surface area contributed by atoms with E-state index in [0.717, 1.165) is 16.8 Å². The van der Waals surface area contributed by atoms with E-state index in [4.69, 9.17) is 5.11 Å². The molecule has 0 radical (unpaired) electrons. The molecule has 0 aliphatic heterocycles. The Morgan fingerprint density at radius 2 is 2.00 bits per heavy atom. The molecule has 1 nitrogen and oxygen atoms in total. The molecule has 1 aromatic carbocycles. The minimum atomic E-state index is 0.331. The first-order valence-electron chi connectivity index (χ1n) is 4.67. The van der Waals surface area contributed by atoms with Gasteiger partial charge in [0.1, 0.15) is 0 Å². The zero-order valence-electron chi connectivity index (χ0n) is 7.41. The third-order valence-electron chi connectivity index (χ3n) is 2.72. The first kappa shape index (κ1) is 9.22. The van der Waals surface area contributed by atoms with Gasteiger partial charge in [-0.05, 0) is 42.4 Å². The van der Waals surface area contributed by atoms with Crippen molar-refractivity contribution in [1.82, 2.24) is 0 Å². The van der Waals surface area contributed by atoms with Crippen LogP contribution in [-0.2, 0) is 0 Å². The van der Waals surface area contributed by atoms with Gasteiger partial charge in [-0.25, -0.2) is 0 Å². The van der Waals surface area contributed by atoms with Crippen LogP contribution in [0, 0.1) is 5.92 Å². The van der Waals surface area contributed by atoms with Gasteiger partial charge in [-0.1, -0.05) is 28.1 Å². The van der Waals surface area contributed by atoms with Gasteiger partial charge in [0, 0.05) is 11.1 Å². The lowest BCUT2D eigenvalue weighted by Crippen LogP contribution is -1.87. The van der Waals surface area contributed by atoms with Crippen molar-refractivity contribution in [3.05, 3.63) is 34.3 Å². The van der Waals surface area contributed by atoms with E-state index in [-0.39, 0.29) is 0 Å². The van der Waals surface area contributed by atoms with Crippen molar-refractivity contribution in [2.45, 2.75) is 18.8 Å². The van der Waals surface area contributed by atoms with Crippen LogP contribution in [0.5, 0.6) is 0 Å². The van der Waals surface area contributed by atoms with Crippen molar-refractivity contribution in [2.24, 2.45) is 5.92 Å². The normalized spacial score (nSPS) is 26.0. The van der Waals surface area contributed by atoms with Gasteiger partial charge in [-0.2, -0.15) is 0 Å². The van der Waals surface area contributed by atoms with E-state index in [9.17, 15) is 0 Å². The summed E-state index contributed by atoms with van der Waals surface area (Å²) in [5.74, 6) is 1.44. The summed E-state index contributed by atoms with van der Waals surface area (Å²) in [6.07, 6.45) is 2.21. The van der Waals surface area contributed by atoms with E-state index < -0.39 is 0 Å². The Balaban J connectivity index is 2.00. The second-order valence-electron chi connectivity index (χ2n) is 3.67. The highest BCUT2D eigenvalue weighted by Gasteiger charge is 2.37. The first-order chi connectivity index (χ1) is 6.31. The SMILES string of the molecule is OCC[C@@H]1C[C@H]1c1ccc(Br)cc1. The van der Waals surface area contributed by atoms with E-state index in [2.05, 4.69) is 40.2 Å². The molecule has 2 heteroatoms. The molecule has 1 aliphatic carbocycles. The fourth-order valence-corrected chi connectivity index (χ4v) is 2.12. The Labute approximate surface area is 86.9 Å². The van der Waals surface area contributed by atoms with E-state index in [0.29, 0.717) is 12.5 Å². The highest BCUT2D eigenvalue weighted by molar-refractivity contribution is 9.10. The molecule has 0 spiro atoms. The number of hydrogen-bond donors (Lipinski definition) is 1. The minimum absolute atomic E-state index is 0.331. The largest absolute Gasteiger partial charge is 0.396 e. The van der Waals surface area contributed by atoms with Crippen LogP contribution in [0.2, 0.25) is 0 Å². The summed E-state index contributed by atoms with van der Waals surface area (Å²) in [4.78, 5) is 0. The number of benzene rings is 1. The van der Waals surface area contributed by atoms with Crippen molar-refractivity contribution in [1.29, 1.82) is 0 Å². The molecule has 2 atom stereocenters. The lowest BCUT2D eigenvalue weighted by atomic mass is 10.1. The zero-order valence-corrected chi connectivity index (χ0v) is 9.00. The number of hydrogen-bond acceptors (Lipinski definition) is 1. The van der Waals surface area contributed by atoms with Crippen molar-refractivity contribution < 1.29 is 5.11 Å². The van der Waals surface area contributed by atoms with Crippen LogP contribution in [0.25, 0.3) is 0 Å². The van der Waals surface area contributed by atoms with Gasteiger partial charge in [-0.3, -0.25) is 0 Å². The summed E-state index contributed by atoms with van der Waals surface area (Å²) in [6, 6.07) is 8.52. The average molecular weight is 241 g/mol. The molecule has 0 bridgehead atoms. The summed E-state index contributed by atoms with van der Waals surface area (Å²) in [7, 11) is 0. The summed E-state index contributed by atoms with van der Waals surface area (Å²) < 4.78 is 1.13. The molecule has 1 saturated carbocycles. The van der Waals surface area contributed by atoms with Crippen LogP contribution in [0.1, 0.15) is 24.3 Å². The van der Waals surface area contributed by atoms with Gasteiger partial charge in [0.15, 0.2) is 0 Å². The third kappa shape index (κ3) is 2.12. The van der Waals surface area contributed by atoms with Gasteiger partial charge in [0.05, 0.1) is 0 Å². The highest BCUT2D eigenvalue weighted by Crippen LogP contribution is 2.49. The Hall–Kier alpha value is -0.340. The Morgan fingerprint density at radius 3 is 2.62 bits per heavy atom. The van der Waals surface area contributed by atoms with Crippen molar-refractivity contribution in [2.75, 3.05) is 6.61 Å². The third-order valence-corrected chi connectivity index (χ3v) is 3.25. The van der Waals surface area contributed by atoms with E-state index in [1.165, 1.54) is 12.0 Å². The van der Waals surface area contributed by atoms with E-state index in [1.54, 1.807) is 0 Å². The van der Waals surface area contributed by atoms with Crippen molar-refractivity contribution in [3.8, 4) is 0 Å². The predicted octanol–water partition coefficient (Wildman–Crippen LogP) is 2.94. The van der Waals surface area contributed by atoms with Crippen LogP contribution in [-0.4, -0.2) is 11.7 Å².